The summed E-state index contributed by atoms with van der Waals surface area (Å²) in [7, 11) is 0. The molecule has 0 radical (unpaired) electrons. The van der Waals surface area contributed by atoms with Crippen LogP contribution in [0, 0.1) is 0 Å². The Hall–Kier alpha value is -3.06. The van der Waals surface area contributed by atoms with Gasteiger partial charge in [0, 0.05) is 12.2 Å². The van der Waals surface area contributed by atoms with Crippen molar-refractivity contribution in [3.05, 3.63) is 66.2 Å². The molecule has 0 aliphatic carbocycles. The average Bonchev–Trinajstić information content (AvgIpc) is 2.69. The number of anilines is 1. The normalized spacial score (nSPS) is 12.0. The number of benzene rings is 2. The molecule has 2 amide bonds. The summed E-state index contributed by atoms with van der Waals surface area (Å²) < 4.78 is 5.55. The van der Waals surface area contributed by atoms with E-state index in [1.165, 1.54) is 4.90 Å². The number of hydrogen-bond donors (Lipinski definition) is 3. The van der Waals surface area contributed by atoms with Crippen LogP contribution in [-0.2, 0) is 16.0 Å². The largest absolute Gasteiger partial charge is 0.444 e. The maximum absolute atomic E-state index is 12.8. The molecule has 0 aromatic heterocycles. The second kappa shape index (κ2) is 10.5. The number of nitrogens with zero attached hydrogens (tertiary/aromatic N) is 1. The van der Waals surface area contributed by atoms with E-state index >= 15 is 0 Å². The predicted molar refractivity (Wildman–Crippen MR) is 114 cm³/mol. The lowest BCUT2D eigenvalue weighted by atomic mass is 10.1. The molecule has 0 fully saturated rings. The van der Waals surface area contributed by atoms with Crippen LogP contribution in [0.5, 0.6) is 0 Å². The quantitative estimate of drug-likeness (QED) is 0.361. The second-order valence-electron chi connectivity index (χ2n) is 7.73. The van der Waals surface area contributed by atoms with Crippen molar-refractivity contribution >= 4 is 17.7 Å². The van der Waals surface area contributed by atoms with Gasteiger partial charge >= 0.3 is 6.09 Å². The Balaban J connectivity index is 2.16. The van der Waals surface area contributed by atoms with E-state index in [1.807, 2.05) is 81.4 Å². The van der Waals surface area contributed by atoms with Gasteiger partial charge in [0.1, 0.15) is 11.6 Å². The number of nitrogens with two attached hydrogens (primary N) is 1. The molecule has 0 saturated carbocycles. The van der Waals surface area contributed by atoms with E-state index in [1.54, 1.807) is 0 Å². The number of rotatable bonds is 8. The molecule has 2 rings (SSSR count). The van der Waals surface area contributed by atoms with Gasteiger partial charge in [0.15, 0.2) is 0 Å². The monoisotopic (exact) mass is 398 g/mol. The van der Waals surface area contributed by atoms with E-state index in [4.69, 9.17) is 10.6 Å². The van der Waals surface area contributed by atoms with E-state index in [-0.39, 0.29) is 6.54 Å². The summed E-state index contributed by atoms with van der Waals surface area (Å²) in [5, 5.41) is 3.13. The number of carbonyl (C=O) groups excluding carboxylic acids is 2. The van der Waals surface area contributed by atoms with Crippen LogP contribution in [0.15, 0.2) is 60.7 Å². The minimum Gasteiger partial charge on any atom is -0.444 e. The van der Waals surface area contributed by atoms with Crippen LogP contribution in [0.3, 0.4) is 0 Å². The first-order chi connectivity index (χ1) is 13.8. The van der Waals surface area contributed by atoms with E-state index < -0.39 is 23.6 Å². The van der Waals surface area contributed by atoms with Crippen molar-refractivity contribution in [1.29, 1.82) is 0 Å². The molecule has 1 atom stereocenters. The van der Waals surface area contributed by atoms with Gasteiger partial charge in [-0.1, -0.05) is 48.5 Å². The van der Waals surface area contributed by atoms with Gasteiger partial charge in [-0.15, -0.1) is 0 Å². The average molecular weight is 399 g/mol. The van der Waals surface area contributed by atoms with Crippen molar-refractivity contribution in [2.24, 2.45) is 5.84 Å². The predicted octanol–water partition coefficient (Wildman–Crippen LogP) is 2.94. The number of amides is 2. The fourth-order valence-electron chi connectivity index (χ4n) is 2.74. The highest BCUT2D eigenvalue weighted by molar-refractivity contribution is 5.85. The second-order valence-corrected chi connectivity index (χ2v) is 7.73. The third-order valence-electron chi connectivity index (χ3n) is 4.14. The first-order valence-corrected chi connectivity index (χ1v) is 9.62. The van der Waals surface area contributed by atoms with Gasteiger partial charge in [0.25, 0.3) is 5.91 Å². The van der Waals surface area contributed by atoms with Crippen molar-refractivity contribution in [3.8, 4) is 0 Å². The summed E-state index contributed by atoms with van der Waals surface area (Å²) in [5.74, 6) is 4.96. The number of hydrogen-bond acceptors (Lipinski definition) is 5. The molecule has 2 aromatic carbocycles. The summed E-state index contributed by atoms with van der Waals surface area (Å²) in [4.78, 5) is 26.7. The van der Waals surface area contributed by atoms with Crippen molar-refractivity contribution in [3.63, 3.8) is 0 Å². The molecule has 0 bridgehead atoms. The highest BCUT2D eigenvalue weighted by atomic mass is 16.6. The smallest absolute Gasteiger partial charge is 0.410 e. The zero-order valence-electron chi connectivity index (χ0n) is 17.2. The summed E-state index contributed by atoms with van der Waals surface area (Å²) in [6.45, 7) is 5.95. The zero-order chi connectivity index (χ0) is 21.3. The topological polar surface area (TPSA) is 96.7 Å². The first kappa shape index (κ1) is 22.2. The van der Waals surface area contributed by atoms with Crippen molar-refractivity contribution in [2.45, 2.75) is 38.8 Å². The van der Waals surface area contributed by atoms with Gasteiger partial charge in [0.2, 0.25) is 0 Å². The Kier molecular flexibility index (Phi) is 8.03. The summed E-state index contributed by atoms with van der Waals surface area (Å²) in [5.41, 5.74) is 3.39. The van der Waals surface area contributed by atoms with Crippen LogP contribution in [0.1, 0.15) is 26.3 Å². The number of hydrazine groups is 1. The fourth-order valence-corrected chi connectivity index (χ4v) is 2.74. The minimum absolute atomic E-state index is 0.111. The minimum atomic E-state index is -0.731. The van der Waals surface area contributed by atoms with Gasteiger partial charge in [0.05, 0.1) is 6.54 Å². The van der Waals surface area contributed by atoms with E-state index in [0.29, 0.717) is 13.0 Å². The van der Waals surface area contributed by atoms with Gasteiger partial charge in [-0.2, -0.15) is 0 Å². The maximum atomic E-state index is 12.8. The Morgan fingerprint density at radius 3 is 2.17 bits per heavy atom. The Morgan fingerprint density at radius 2 is 1.62 bits per heavy atom. The zero-order valence-corrected chi connectivity index (χ0v) is 17.2. The molecule has 156 valence electrons. The molecule has 7 heteroatoms. The molecule has 4 N–H and O–H groups in total. The lowest BCUT2D eigenvalue weighted by Crippen LogP contribution is -2.51. The lowest BCUT2D eigenvalue weighted by molar-refractivity contribution is -0.122. The lowest BCUT2D eigenvalue weighted by Gasteiger charge is -2.30. The Bertz CT molecular complexity index is 776. The molecule has 2 aromatic rings. The molecule has 0 spiro atoms. The Labute approximate surface area is 172 Å². The molecule has 7 nitrogen and oxygen atoms in total. The van der Waals surface area contributed by atoms with Crippen molar-refractivity contribution < 1.29 is 14.3 Å². The summed E-state index contributed by atoms with van der Waals surface area (Å²) >= 11 is 0. The van der Waals surface area contributed by atoms with E-state index in [0.717, 1.165) is 11.3 Å². The summed E-state index contributed by atoms with van der Waals surface area (Å²) in [6, 6.07) is 18.4. The number of carbonyl (C=O) groups is 2. The van der Waals surface area contributed by atoms with Gasteiger partial charge in [-0.25, -0.2) is 10.6 Å². The van der Waals surface area contributed by atoms with Crippen LogP contribution in [0.4, 0.5) is 10.5 Å². The third-order valence-corrected chi connectivity index (χ3v) is 4.14. The van der Waals surface area contributed by atoms with E-state index in [2.05, 4.69) is 10.7 Å². The third kappa shape index (κ3) is 7.83. The van der Waals surface area contributed by atoms with Crippen molar-refractivity contribution in [2.75, 3.05) is 18.4 Å². The molecule has 0 unspecified atom stereocenters. The fraction of sp³-hybridized carbons (Fsp3) is 0.364. The van der Waals surface area contributed by atoms with Crippen LogP contribution in [0.2, 0.25) is 0 Å². The Morgan fingerprint density at radius 1 is 1.03 bits per heavy atom. The molecule has 0 saturated heterocycles. The highest BCUT2D eigenvalue weighted by Crippen LogP contribution is 2.13. The van der Waals surface area contributed by atoms with Gasteiger partial charge in [-0.05, 0) is 44.9 Å². The molecule has 29 heavy (non-hydrogen) atoms. The number of para-hydroxylation sites is 1. The molecule has 0 aliphatic rings. The molecular formula is C22H30N4O3. The first-order valence-electron chi connectivity index (χ1n) is 9.62. The van der Waals surface area contributed by atoms with Crippen molar-refractivity contribution in [1.82, 2.24) is 10.3 Å². The molecular weight excluding hydrogens is 368 g/mol. The van der Waals surface area contributed by atoms with Crippen LogP contribution < -0.4 is 16.6 Å². The van der Waals surface area contributed by atoms with Crippen LogP contribution in [-0.4, -0.2) is 41.6 Å². The van der Waals surface area contributed by atoms with Gasteiger partial charge in [-0.3, -0.25) is 10.2 Å². The molecule has 0 aliphatic heterocycles. The van der Waals surface area contributed by atoms with Crippen LogP contribution >= 0.6 is 0 Å². The summed E-state index contributed by atoms with van der Waals surface area (Å²) in [6.07, 6.45) is 0.167. The van der Waals surface area contributed by atoms with E-state index in [9.17, 15) is 9.59 Å². The number of nitrogens with one attached hydrogen (secondary N) is 2. The maximum Gasteiger partial charge on any atom is 0.410 e. The van der Waals surface area contributed by atoms with Crippen LogP contribution in [0.25, 0.3) is 0 Å². The van der Waals surface area contributed by atoms with Gasteiger partial charge < -0.3 is 15.0 Å². The standard InChI is InChI=1S/C22H30N4O3/c1-22(2,3)29-21(28)26(15-14-17-10-6-4-7-11-17)16-19(20(27)25-23)24-18-12-8-5-9-13-18/h4-13,19,24H,14-16,23H2,1-3H3,(H,25,27)/t19-/m0/s1. The molecule has 0 heterocycles. The number of ether oxygens (including phenoxy) is 1. The SMILES string of the molecule is CC(C)(C)OC(=O)N(CCc1ccccc1)C[C@H](Nc1ccccc1)C(=O)NN. The highest BCUT2D eigenvalue weighted by Gasteiger charge is 2.27.